The van der Waals surface area contributed by atoms with Crippen LogP contribution in [-0.2, 0) is 14.8 Å². The van der Waals surface area contributed by atoms with Crippen LogP contribution in [0.2, 0.25) is 5.02 Å². The number of hydrogen-bond acceptors (Lipinski definition) is 6. The Morgan fingerprint density at radius 1 is 1.18 bits per heavy atom. The average Bonchev–Trinajstić information content (AvgIpc) is 2.84. The van der Waals surface area contributed by atoms with Crippen LogP contribution in [0.25, 0.3) is 10.9 Å². The lowest BCUT2D eigenvalue weighted by Crippen LogP contribution is -2.41. The van der Waals surface area contributed by atoms with Crippen molar-refractivity contribution in [3.8, 4) is 0 Å². The number of pyridine rings is 1. The predicted molar refractivity (Wildman–Crippen MR) is 131 cm³/mol. The molecule has 3 aromatic rings. The number of amides is 1. The SMILES string of the molecule is CN(c1ccc(Cl)cc1)S(=O)(=O)c1ccc2[nH]cc(C(=O)NCCN3CCOCC3)c(=O)c2c1. The summed E-state index contributed by atoms with van der Waals surface area (Å²) in [7, 11) is -2.53. The largest absolute Gasteiger partial charge is 0.379 e. The van der Waals surface area contributed by atoms with Crippen molar-refractivity contribution in [1.82, 2.24) is 15.2 Å². The van der Waals surface area contributed by atoms with Crippen LogP contribution in [0.15, 0.2) is 58.4 Å². The zero-order valence-corrected chi connectivity index (χ0v) is 20.2. The van der Waals surface area contributed by atoms with Gasteiger partial charge in [0.15, 0.2) is 0 Å². The lowest BCUT2D eigenvalue weighted by atomic mass is 10.1. The number of carbonyl (C=O) groups is 1. The van der Waals surface area contributed by atoms with Crippen molar-refractivity contribution in [1.29, 1.82) is 0 Å². The van der Waals surface area contributed by atoms with Gasteiger partial charge in [0.05, 0.1) is 23.8 Å². The average molecular weight is 505 g/mol. The van der Waals surface area contributed by atoms with Crippen LogP contribution >= 0.6 is 11.6 Å². The Morgan fingerprint density at radius 3 is 2.59 bits per heavy atom. The number of morpholine rings is 1. The fraction of sp³-hybridized carbons (Fsp3) is 0.304. The van der Waals surface area contributed by atoms with E-state index in [4.69, 9.17) is 16.3 Å². The number of H-pyrrole nitrogens is 1. The lowest BCUT2D eigenvalue weighted by Gasteiger charge is -2.26. The van der Waals surface area contributed by atoms with Gasteiger partial charge in [-0.1, -0.05) is 11.6 Å². The van der Waals surface area contributed by atoms with Crippen LogP contribution in [0, 0.1) is 0 Å². The van der Waals surface area contributed by atoms with Gasteiger partial charge in [0.25, 0.3) is 15.9 Å². The van der Waals surface area contributed by atoms with E-state index in [9.17, 15) is 18.0 Å². The third kappa shape index (κ3) is 5.10. The third-order valence-corrected chi connectivity index (χ3v) is 7.80. The Bertz CT molecular complexity index is 1350. The molecule has 1 saturated heterocycles. The number of anilines is 1. The molecule has 1 aliphatic rings. The Balaban J connectivity index is 1.56. The van der Waals surface area contributed by atoms with Crippen LogP contribution in [-0.4, -0.2) is 70.6 Å². The highest BCUT2D eigenvalue weighted by Gasteiger charge is 2.23. The molecule has 1 amide bonds. The number of nitrogens with one attached hydrogen (secondary N) is 2. The number of ether oxygens (including phenoxy) is 1. The van der Waals surface area contributed by atoms with Crippen LogP contribution in [0.3, 0.4) is 0 Å². The van der Waals surface area contributed by atoms with E-state index < -0.39 is 21.4 Å². The van der Waals surface area contributed by atoms with Crippen LogP contribution in [0.4, 0.5) is 5.69 Å². The quantitative estimate of drug-likeness (QED) is 0.509. The summed E-state index contributed by atoms with van der Waals surface area (Å²) in [5.41, 5.74) is 0.244. The van der Waals surface area contributed by atoms with Crippen molar-refractivity contribution in [2.75, 3.05) is 50.7 Å². The normalized spacial score (nSPS) is 14.8. The first kappa shape index (κ1) is 24.2. The molecule has 0 radical (unpaired) electrons. The molecule has 0 aliphatic carbocycles. The molecule has 1 aliphatic heterocycles. The fourth-order valence-corrected chi connectivity index (χ4v) is 5.07. The summed E-state index contributed by atoms with van der Waals surface area (Å²) in [5.74, 6) is -0.511. The predicted octanol–water partition coefficient (Wildman–Crippen LogP) is 2.07. The zero-order chi connectivity index (χ0) is 24.3. The number of nitrogens with zero attached hydrogens (tertiary/aromatic N) is 2. The lowest BCUT2D eigenvalue weighted by molar-refractivity contribution is 0.0383. The summed E-state index contributed by atoms with van der Waals surface area (Å²) in [6.07, 6.45) is 1.35. The first-order valence-electron chi connectivity index (χ1n) is 10.8. The molecule has 0 bridgehead atoms. The second-order valence-corrected chi connectivity index (χ2v) is 10.3. The van der Waals surface area contributed by atoms with Crippen molar-refractivity contribution in [3.63, 3.8) is 0 Å². The number of benzene rings is 2. The molecule has 34 heavy (non-hydrogen) atoms. The number of sulfonamides is 1. The Kier molecular flexibility index (Phi) is 7.22. The maximum atomic E-state index is 13.2. The van der Waals surface area contributed by atoms with Gasteiger partial charge in [-0.05, 0) is 42.5 Å². The van der Waals surface area contributed by atoms with Crippen LogP contribution in [0.5, 0.6) is 0 Å². The van der Waals surface area contributed by atoms with E-state index in [0.717, 1.165) is 17.4 Å². The standard InChI is InChI=1S/C23H25ClN4O5S/c1-27(17-4-2-16(24)3-5-17)34(31,32)18-6-7-21-19(14-18)22(29)20(15-26-21)23(30)25-8-9-28-10-12-33-13-11-28/h2-7,14-15H,8-13H2,1H3,(H,25,30)(H,26,29). The van der Waals surface area contributed by atoms with Gasteiger partial charge in [-0.3, -0.25) is 18.8 Å². The van der Waals surface area contributed by atoms with Crippen LogP contribution in [0.1, 0.15) is 10.4 Å². The van der Waals surface area contributed by atoms with Gasteiger partial charge in [0, 0.05) is 55.3 Å². The molecular weight excluding hydrogens is 480 g/mol. The van der Waals surface area contributed by atoms with Gasteiger partial charge in [0.2, 0.25) is 5.43 Å². The van der Waals surface area contributed by atoms with Crippen molar-refractivity contribution < 1.29 is 17.9 Å². The van der Waals surface area contributed by atoms with E-state index in [-0.39, 0.29) is 15.8 Å². The molecule has 0 atom stereocenters. The monoisotopic (exact) mass is 504 g/mol. The van der Waals surface area contributed by atoms with E-state index in [0.29, 0.717) is 42.5 Å². The van der Waals surface area contributed by atoms with Crippen LogP contribution < -0.4 is 15.1 Å². The topological polar surface area (TPSA) is 112 Å². The van der Waals surface area contributed by atoms with Gasteiger partial charge >= 0.3 is 0 Å². The van der Waals surface area contributed by atoms with Gasteiger partial charge in [-0.15, -0.1) is 0 Å². The maximum absolute atomic E-state index is 13.2. The summed E-state index contributed by atoms with van der Waals surface area (Å²) in [6.45, 7) is 3.96. The highest BCUT2D eigenvalue weighted by molar-refractivity contribution is 7.92. The van der Waals surface area contributed by atoms with Crippen molar-refractivity contribution in [2.45, 2.75) is 4.90 Å². The summed E-state index contributed by atoms with van der Waals surface area (Å²) < 4.78 is 32.8. The van der Waals surface area contributed by atoms with E-state index in [2.05, 4.69) is 15.2 Å². The number of hydrogen-bond donors (Lipinski definition) is 2. The number of aromatic amines is 1. The molecule has 1 fully saturated rings. The molecule has 4 rings (SSSR count). The number of aromatic nitrogens is 1. The van der Waals surface area contributed by atoms with Crippen molar-refractivity contribution >= 4 is 44.1 Å². The zero-order valence-electron chi connectivity index (χ0n) is 18.6. The van der Waals surface area contributed by atoms with Gasteiger partial charge < -0.3 is 15.0 Å². The Hall–Kier alpha value is -2.92. The Labute approximate surface area is 202 Å². The summed E-state index contributed by atoms with van der Waals surface area (Å²) in [6, 6.07) is 10.6. The minimum atomic E-state index is -3.95. The molecule has 0 unspecified atom stereocenters. The molecule has 2 heterocycles. The minimum absolute atomic E-state index is 0.0622. The van der Waals surface area contributed by atoms with Crippen molar-refractivity contribution in [3.05, 3.63) is 69.5 Å². The van der Waals surface area contributed by atoms with Gasteiger partial charge in [0.1, 0.15) is 5.56 Å². The number of halogens is 1. The molecule has 11 heteroatoms. The maximum Gasteiger partial charge on any atom is 0.264 e. The molecule has 1 aromatic heterocycles. The molecule has 9 nitrogen and oxygen atoms in total. The highest BCUT2D eigenvalue weighted by atomic mass is 35.5. The highest BCUT2D eigenvalue weighted by Crippen LogP contribution is 2.25. The smallest absolute Gasteiger partial charge is 0.264 e. The number of rotatable bonds is 7. The first-order chi connectivity index (χ1) is 16.3. The number of carbonyl (C=O) groups excluding carboxylic acids is 1. The first-order valence-corrected chi connectivity index (χ1v) is 12.6. The summed E-state index contributed by atoms with van der Waals surface area (Å²) >= 11 is 5.90. The fourth-order valence-electron chi connectivity index (χ4n) is 3.72. The minimum Gasteiger partial charge on any atom is -0.379 e. The summed E-state index contributed by atoms with van der Waals surface area (Å²) in [4.78, 5) is 30.7. The molecule has 180 valence electrons. The number of fused-ring (bicyclic) bond motifs is 1. The van der Waals surface area contributed by atoms with E-state index in [1.54, 1.807) is 24.3 Å². The molecule has 0 spiro atoms. The second kappa shape index (κ2) is 10.1. The Morgan fingerprint density at radius 2 is 1.88 bits per heavy atom. The molecule has 2 aromatic carbocycles. The summed E-state index contributed by atoms with van der Waals surface area (Å²) in [5, 5.41) is 3.37. The van der Waals surface area contributed by atoms with E-state index in [1.165, 1.54) is 31.4 Å². The van der Waals surface area contributed by atoms with E-state index in [1.807, 2.05) is 0 Å². The second-order valence-electron chi connectivity index (χ2n) is 7.90. The van der Waals surface area contributed by atoms with E-state index >= 15 is 0 Å². The van der Waals surface area contributed by atoms with Gasteiger partial charge in [-0.2, -0.15) is 0 Å². The van der Waals surface area contributed by atoms with Gasteiger partial charge in [-0.25, -0.2) is 8.42 Å². The third-order valence-electron chi connectivity index (χ3n) is 5.76. The molecule has 2 N–H and O–H groups in total. The molecular formula is C23H25ClN4O5S. The molecule has 0 saturated carbocycles. The van der Waals surface area contributed by atoms with Crippen molar-refractivity contribution in [2.24, 2.45) is 0 Å².